The van der Waals surface area contributed by atoms with Crippen molar-refractivity contribution >= 4 is 21.5 Å². The Balaban J connectivity index is 1.68. The van der Waals surface area contributed by atoms with Gasteiger partial charge in [-0.15, -0.1) is 0 Å². The summed E-state index contributed by atoms with van der Waals surface area (Å²) >= 11 is 1.77. The predicted molar refractivity (Wildman–Crippen MR) is 60.1 cm³/mol. The first-order valence-electron chi connectivity index (χ1n) is 5.39. The Hall–Kier alpha value is -0.770. The van der Waals surface area contributed by atoms with E-state index in [9.17, 15) is 0 Å². The van der Waals surface area contributed by atoms with Crippen LogP contribution < -0.4 is 10.6 Å². The molecule has 0 unspecified atom stereocenters. The van der Waals surface area contributed by atoms with Crippen molar-refractivity contribution in [2.24, 2.45) is 5.92 Å². The lowest BCUT2D eigenvalue weighted by Gasteiger charge is -2.10. The number of aromatic nitrogens is 1. The molecule has 0 radical (unpaired) electrons. The summed E-state index contributed by atoms with van der Waals surface area (Å²) in [6.07, 6.45) is 5.16. The molecule has 2 N–H and O–H groups in total. The zero-order chi connectivity index (χ0) is 9.38. The van der Waals surface area contributed by atoms with Gasteiger partial charge in [0.15, 0.2) is 5.13 Å². The summed E-state index contributed by atoms with van der Waals surface area (Å²) in [5, 5.41) is 9.23. The summed E-state index contributed by atoms with van der Waals surface area (Å²) < 4.78 is 0. The highest BCUT2D eigenvalue weighted by Crippen LogP contribution is 2.33. The topological polar surface area (TPSA) is 37.0 Å². The summed E-state index contributed by atoms with van der Waals surface area (Å²) in [6, 6.07) is 0. The van der Waals surface area contributed by atoms with E-state index in [1.165, 1.54) is 30.0 Å². The Bertz CT molecular complexity index is 307. The lowest BCUT2D eigenvalue weighted by Crippen LogP contribution is -2.09. The van der Waals surface area contributed by atoms with Gasteiger partial charge in [0.05, 0.1) is 5.69 Å². The molecule has 0 spiro atoms. The normalized spacial score (nSPS) is 20.0. The Morgan fingerprint density at radius 3 is 3.21 bits per heavy atom. The summed E-state index contributed by atoms with van der Waals surface area (Å²) in [4.78, 5) is 4.60. The zero-order valence-corrected chi connectivity index (χ0v) is 8.99. The highest BCUT2D eigenvalue weighted by Gasteiger charge is 2.21. The number of hydrogen-bond donors (Lipinski definition) is 2. The molecule has 2 aliphatic rings. The van der Waals surface area contributed by atoms with Crippen molar-refractivity contribution in [1.82, 2.24) is 4.98 Å². The molecule has 3 rings (SSSR count). The molecule has 0 atom stereocenters. The van der Waals surface area contributed by atoms with Crippen LogP contribution in [0.15, 0.2) is 0 Å². The molecule has 0 aromatic carbocycles. The van der Waals surface area contributed by atoms with Gasteiger partial charge in [0.2, 0.25) is 0 Å². The second-order valence-electron chi connectivity index (χ2n) is 4.15. The van der Waals surface area contributed by atoms with Crippen molar-refractivity contribution < 1.29 is 0 Å². The van der Waals surface area contributed by atoms with Crippen LogP contribution in [0.3, 0.4) is 0 Å². The molecule has 1 aliphatic heterocycles. The van der Waals surface area contributed by atoms with Gasteiger partial charge >= 0.3 is 0 Å². The molecular weight excluding hydrogens is 194 g/mol. The van der Waals surface area contributed by atoms with Crippen molar-refractivity contribution in [2.45, 2.75) is 25.7 Å². The maximum Gasteiger partial charge on any atom is 0.184 e. The minimum absolute atomic E-state index is 0.920. The van der Waals surface area contributed by atoms with E-state index >= 15 is 0 Å². The van der Waals surface area contributed by atoms with Gasteiger partial charge in [-0.3, -0.25) is 0 Å². The molecule has 2 heterocycles. The van der Waals surface area contributed by atoms with Crippen LogP contribution in [0.4, 0.5) is 10.1 Å². The summed E-state index contributed by atoms with van der Waals surface area (Å²) in [5.74, 6) is 0.920. The minimum Gasteiger partial charge on any atom is -0.375 e. The quantitative estimate of drug-likeness (QED) is 0.802. The Morgan fingerprint density at radius 1 is 1.50 bits per heavy atom. The number of rotatable bonds is 3. The Labute approximate surface area is 87.9 Å². The molecule has 1 aromatic rings. The molecule has 1 saturated carbocycles. The van der Waals surface area contributed by atoms with E-state index in [1.807, 2.05) is 0 Å². The molecule has 4 heteroatoms. The van der Waals surface area contributed by atoms with Gasteiger partial charge in [-0.05, 0) is 31.6 Å². The van der Waals surface area contributed by atoms with E-state index in [-0.39, 0.29) is 0 Å². The number of aryl methyl sites for hydroxylation is 1. The number of nitrogens with one attached hydrogen (secondary N) is 2. The van der Waals surface area contributed by atoms with E-state index in [2.05, 4.69) is 15.6 Å². The fourth-order valence-corrected chi connectivity index (χ4v) is 2.69. The molecule has 0 saturated heterocycles. The van der Waals surface area contributed by atoms with E-state index in [0.29, 0.717) is 0 Å². The van der Waals surface area contributed by atoms with Crippen molar-refractivity contribution in [3.8, 4) is 0 Å². The average Bonchev–Trinajstić information content (AvgIpc) is 2.94. The van der Waals surface area contributed by atoms with Gasteiger partial charge in [-0.1, -0.05) is 11.3 Å². The molecule has 0 bridgehead atoms. The molecule has 3 nitrogen and oxygen atoms in total. The molecule has 0 amide bonds. The van der Waals surface area contributed by atoms with E-state index in [4.69, 9.17) is 0 Å². The maximum atomic E-state index is 4.60. The van der Waals surface area contributed by atoms with Crippen LogP contribution >= 0.6 is 11.3 Å². The third-order valence-corrected chi connectivity index (χ3v) is 3.83. The van der Waals surface area contributed by atoms with Crippen molar-refractivity contribution in [2.75, 3.05) is 23.7 Å². The molecule has 1 aliphatic carbocycles. The second-order valence-corrected chi connectivity index (χ2v) is 5.15. The first-order valence-corrected chi connectivity index (χ1v) is 6.21. The highest BCUT2D eigenvalue weighted by molar-refractivity contribution is 7.19. The first-order chi connectivity index (χ1) is 6.92. The van der Waals surface area contributed by atoms with Crippen LogP contribution in [0.25, 0.3) is 0 Å². The predicted octanol–water partition coefficient (Wildman–Crippen LogP) is 2.32. The van der Waals surface area contributed by atoms with Gasteiger partial charge in [-0.2, -0.15) is 0 Å². The van der Waals surface area contributed by atoms with E-state index < -0.39 is 0 Å². The molecule has 1 aromatic heterocycles. The van der Waals surface area contributed by atoms with E-state index in [0.717, 1.165) is 30.6 Å². The van der Waals surface area contributed by atoms with Crippen LogP contribution in [0.1, 0.15) is 25.0 Å². The second kappa shape index (κ2) is 3.42. The molecule has 14 heavy (non-hydrogen) atoms. The smallest absolute Gasteiger partial charge is 0.184 e. The van der Waals surface area contributed by atoms with E-state index in [1.54, 1.807) is 11.3 Å². The monoisotopic (exact) mass is 209 g/mol. The van der Waals surface area contributed by atoms with Crippen LogP contribution in [0.2, 0.25) is 0 Å². The third-order valence-electron chi connectivity index (χ3n) is 2.81. The van der Waals surface area contributed by atoms with Crippen molar-refractivity contribution in [3.63, 3.8) is 0 Å². The number of anilines is 2. The number of hydrogen-bond acceptors (Lipinski definition) is 4. The van der Waals surface area contributed by atoms with Gasteiger partial charge in [0.25, 0.3) is 0 Å². The highest BCUT2D eigenvalue weighted by atomic mass is 32.1. The fraction of sp³-hybridized carbons (Fsp3) is 0.700. The fourth-order valence-electron chi connectivity index (χ4n) is 1.75. The largest absolute Gasteiger partial charge is 0.375 e. The van der Waals surface area contributed by atoms with Gasteiger partial charge in [0.1, 0.15) is 5.00 Å². The minimum atomic E-state index is 0.920. The number of thiazole rings is 1. The van der Waals surface area contributed by atoms with Crippen molar-refractivity contribution in [3.05, 3.63) is 5.69 Å². The maximum absolute atomic E-state index is 4.60. The lowest BCUT2D eigenvalue weighted by atomic mass is 10.2. The Kier molecular flexibility index (Phi) is 2.09. The van der Waals surface area contributed by atoms with Gasteiger partial charge in [0, 0.05) is 13.1 Å². The van der Waals surface area contributed by atoms with Gasteiger partial charge in [-0.25, -0.2) is 4.98 Å². The van der Waals surface area contributed by atoms with Crippen LogP contribution in [-0.2, 0) is 6.42 Å². The summed E-state index contributed by atoms with van der Waals surface area (Å²) in [7, 11) is 0. The zero-order valence-electron chi connectivity index (χ0n) is 8.18. The Morgan fingerprint density at radius 2 is 2.43 bits per heavy atom. The molecular formula is C10H15N3S. The third kappa shape index (κ3) is 1.71. The summed E-state index contributed by atoms with van der Waals surface area (Å²) in [5.41, 5.74) is 1.26. The van der Waals surface area contributed by atoms with Crippen LogP contribution in [-0.4, -0.2) is 18.1 Å². The summed E-state index contributed by atoms with van der Waals surface area (Å²) in [6.45, 7) is 2.23. The van der Waals surface area contributed by atoms with Gasteiger partial charge < -0.3 is 10.6 Å². The number of fused-ring (bicyclic) bond motifs is 1. The standard InChI is InChI=1S/C10H15N3S/c1-2-8-9(11-5-1)14-10(13-8)12-6-7-3-4-7/h7,11H,1-6H2,(H,12,13). The average molecular weight is 209 g/mol. The number of nitrogens with zero attached hydrogens (tertiary/aromatic N) is 1. The van der Waals surface area contributed by atoms with Crippen LogP contribution in [0, 0.1) is 5.92 Å². The SMILES string of the molecule is C1CNc2sc(NCC3CC3)nc2C1. The van der Waals surface area contributed by atoms with Crippen LogP contribution in [0.5, 0.6) is 0 Å². The lowest BCUT2D eigenvalue weighted by molar-refractivity contribution is 0.812. The van der Waals surface area contributed by atoms with Crippen molar-refractivity contribution in [1.29, 1.82) is 0 Å². The first kappa shape index (κ1) is 8.53. The molecule has 76 valence electrons. The molecule has 1 fully saturated rings.